The van der Waals surface area contributed by atoms with Crippen molar-refractivity contribution in [3.05, 3.63) is 36.2 Å². The SMILES string of the molecule is C=C(C(N)=S)c1cccnc1C#N. The van der Waals surface area contributed by atoms with Crippen molar-refractivity contribution in [3.63, 3.8) is 0 Å². The first-order valence-corrected chi connectivity index (χ1v) is 3.92. The van der Waals surface area contributed by atoms with Gasteiger partial charge in [-0.25, -0.2) is 4.98 Å². The van der Waals surface area contributed by atoms with Gasteiger partial charge in [0, 0.05) is 17.3 Å². The van der Waals surface area contributed by atoms with Crippen LogP contribution in [0.3, 0.4) is 0 Å². The van der Waals surface area contributed by atoms with Gasteiger partial charge < -0.3 is 5.73 Å². The summed E-state index contributed by atoms with van der Waals surface area (Å²) in [6, 6.07) is 5.37. The van der Waals surface area contributed by atoms with Crippen LogP contribution in [0, 0.1) is 11.3 Å². The molecule has 0 aliphatic carbocycles. The van der Waals surface area contributed by atoms with Crippen molar-refractivity contribution in [2.75, 3.05) is 0 Å². The van der Waals surface area contributed by atoms with Crippen molar-refractivity contribution in [1.29, 1.82) is 5.26 Å². The van der Waals surface area contributed by atoms with Gasteiger partial charge in [0.2, 0.25) is 0 Å². The van der Waals surface area contributed by atoms with E-state index in [1.807, 2.05) is 6.07 Å². The van der Waals surface area contributed by atoms with E-state index in [1.54, 1.807) is 12.1 Å². The number of nitriles is 1. The predicted octanol–water partition coefficient (Wildman–Crippen LogP) is 1.25. The number of aromatic nitrogens is 1. The third-order valence-electron chi connectivity index (χ3n) is 1.54. The highest BCUT2D eigenvalue weighted by Gasteiger charge is 2.07. The molecule has 0 unspecified atom stereocenters. The molecular weight excluding hydrogens is 182 g/mol. The Bertz CT molecular complexity index is 404. The summed E-state index contributed by atoms with van der Waals surface area (Å²) in [5.74, 6) is 0. The van der Waals surface area contributed by atoms with Crippen molar-refractivity contribution >= 4 is 22.8 Å². The molecule has 0 amide bonds. The zero-order valence-electron chi connectivity index (χ0n) is 6.82. The van der Waals surface area contributed by atoms with Gasteiger partial charge in [-0.1, -0.05) is 18.8 Å². The summed E-state index contributed by atoms with van der Waals surface area (Å²) in [4.78, 5) is 4.05. The Morgan fingerprint density at radius 2 is 2.38 bits per heavy atom. The minimum atomic E-state index is 0.185. The molecule has 0 fully saturated rings. The standard InChI is InChI=1S/C9H7N3S/c1-6(9(11)13)7-3-2-4-12-8(7)5-10/h2-4H,1H2,(H2,11,13). The second-order valence-electron chi connectivity index (χ2n) is 2.35. The molecule has 4 heteroatoms. The zero-order chi connectivity index (χ0) is 9.84. The molecular formula is C9H7N3S. The molecule has 13 heavy (non-hydrogen) atoms. The molecule has 3 nitrogen and oxygen atoms in total. The molecule has 0 saturated heterocycles. The molecule has 0 aromatic carbocycles. The quantitative estimate of drug-likeness (QED) is 0.562. The van der Waals surface area contributed by atoms with Crippen molar-refractivity contribution in [2.45, 2.75) is 0 Å². The maximum Gasteiger partial charge on any atom is 0.148 e. The summed E-state index contributed by atoms with van der Waals surface area (Å²) in [6.45, 7) is 3.68. The summed E-state index contributed by atoms with van der Waals surface area (Å²) >= 11 is 4.75. The van der Waals surface area contributed by atoms with Crippen LogP contribution >= 0.6 is 12.2 Å². The van der Waals surface area contributed by atoms with E-state index < -0.39 is 0 Å². The van der Waals surface area contributed by atoms with Gasteiger partial charge in [0.25, 0.3) is 0 Å². The Morgan fingerprint density at radius 1 is 1.69 bits per heavy atom. The largest absolute Gasteiger partial charge is 0.389 e. The summed E-state index contributed by atoms with van der Waals surface area (Å²) in [7, 11) is 0. The molecule has 2 N–H and O–H groups in total. The smallest absolute Gasteiger partial charge is 0.148 e. The van der Waals surface area contributed by atoms with E-state index in [0.29, 0.717) is 16.8 Å². The van der Waals surface area contributed by atoms with Crippen LogP contribution in [-0.2, 0) is 0 Å². The fraction of sp³-hybridized carbons (Fsp3) is 0. The first-order valence-electron chi connectivity index (χ1n) is 3.51. The molecule has 0 saturated carbocycles. The van der Waals surface area contributed by atoms with E-state index in [1.165, 1.54) is 6.20 Å². The van der Waals surface area contributed by atoms with Crippen molar-refractivity contribution in [2.24, 2.45) is 5.73 Å². The lowest BCUT2D eigenvalue weighted by molar-refractivity contribution is 1.25. The fourth-order valence-electron chi connectivity index (χ4n) is 0.871. The number of hydrogen-bond donors (Lipinski definition) is 1. The maximum absolute atomic E-state index is 8.71. The van der Waals surface area contributed by atoms with Crippen LogP contribution in [0.25, 0.3) is 5.57 Å². The molecule has 1 aromatic rings. The number of pyridine rings is 1. The lowest BCUT2D eigenvalue weighted by Crippen LogP contribution is -2.10. The van der Waals surface area contributed by atoms with Crippen LogP contribution < -0.4 is 5.73 Å². The molecule has 1 heterocycles. The third-order valence-corrected chi connectivity index (χ3v) is 1.78. The first-order chi connectivity index (χ1) is 6.16. The second kappa shape index (κ2) is 3.78. The highest BCUT2D eigenvalue weighted by Crippen LogP contribution is 2.14. The van der Waals surface area contributed by atoms with Gasteiger partial charge in [-0.15, -0.1) is 0 Å². The molecule has 0 atom stereocenters. The Hall–Kier alpha value is -1.73. The zero-order valence-corrected chi connectivity index (χ0v) is 7.64. The minimum absolute atomic E-state index is 0.185. The summed E-state index contributed by atoms with van der Waals surface area (Å²) in [5, 5.41) is 8.71. The average molecular weight is 189 g/mol. The normalized spacial score (nSPS) is 8.85. The van der Waals surface area contributed by atoms with Gasteiger partial charge in [-0.2, -0.15) is 5.26 Å². The van der Waals surface area contributed by atoms with Gasteiger partial charge in [0.05, 0.1) is 0 Å². The van der Waals surface area contributed by atoms with Crippen molar-refractivity contribution in [1.82, 2.24) is 4.98 Å². The summed E-state index contributed by atoms with van der Waals surface area (Å²) < 4.78 is 0. The van der Waals surface area contributed by atoms with Gasteiger partial charge in [0.15, 0.2) is 0 Å². The Kier molecular flexibility index (Phi) is 2.72. The van der Waals surface area contributed by atoms with E-state index in [-0.39, 0.29) is 4.99 Å². The fourth-order valence-corrected chi connectivity index (χ4v) is 0.981. The topological polar surface area (TPSA) is 62.7 Å². The van der Waals surface area contributed by atoms with E-state index in [9.17, 15) is 0 Å². The highest BCUT2D eigenvalue weighted by molar-refractivity contribution is 7.81. The molecule has 64 valence electrons. The van der Waals surface area contributed by atoms with Crippen LogP contribution in [0.5, 0.6) is 0 Å². The molecule has 0 radical (unpaired) electrons. The van der Waals surface area contributed by atoms with Crippen LogP contribution in [0.1, 0.15) is 11.3 Å². The van der Waals surface area contributed by atoms with Crippen LogP contribution in [0.2, 0.25) is 0 Å². The lowest BCUT2D eigenvalue weighted by Gasteiger charge is -2.03. The predicted molar refractivity (Wildman–Crippen MR) is 54.8 cm³/mol. The van der Waals surface area contributed by atoms with E-state index in [2.05, 4.69) is 11.6 Å². The molecule has 1 aromatic heterocycles. The van der Waals surface area contributed by atoms with E-state index in [4.69, 9.17) is 23.2 Å². The van der Waals surface area contributed by atoms with Crippen LogP contribution in [0.4, 0.5) is 0 Å². The van der Waals surface area contributed by atoms with Gasteiger partial charge in [0.1, 0.15) is 16.8 Å². The Balaban J connectivity index is 3.23. The number of nitrogens with two attached hydrogens (primary N) is 1. The minimum Gasteiger partial charge on any atom is -0.389 e. The second-order valence-corrected chi connectivity index (χ2v) is 2.79. The summed E-state index contributed by atoms with van der Waals surface area (Å²) in [6.07, 6.45) is 1.54. The van der Waals surface area contributed by atoms with Crippen LogP contribution in [-0.4, -0.2) is 9.97 Å². The number of thiocarbonyl (C=S) groups is 1. The molecule has 1 rings (SSSR count). The van der Waals surface area contributed by atoms with Crippen molar-refractivity contribution in [3.8, 4) is 6.07 Å². The molecule has 0 spiro atoms. The molecule has 0 aliphatic rings. The van der Waals surface area contributed by atoms with E-state index >= 15 is 0 Å². The Labute approximate surface area is 81.5 Å². The summed E-state index contributed by atoms with van der Waals surface area (Å²) in [5.41, 5.74) is 6.75. The van der Waals surface area contributed by atoms with Crippen molar-refractivity contribution < 1.29 is 0 Å². The molecule has 0 bridgehead atoms. The molecule has 0 aliphatic heterocycles. The maximum atomic E-state index is 8.71. The Morgan fingerprint density at radius 3 is 2.92 bits per heavy atom. The highest BCUT2D eigenvalue weighted by atomic mass is 32.1. The van der Waals surface area contributed by atoms with E-state index in [0.717, 1.165) is 0 Å². The average Bonchev–Trinajstić information content (AvgIpc) is 2.16. The number of hydrogen-bond acceptors (Lipinski definition) is 3. The van der Waals surface area contributed by atoms with Gasteiger partial charge in [-0.05, 0) is 12.1 Å². The first kappa shape index (κ1) is 9.36. The lowest BCUT2D eigenvalue weighted by atomic mass is 10.1. The third kappa shape index (κ3) is 1.89. The van der Waals surface area contributed by atoms with Gasteiger partial charge >= 0.3 is 0 Å². The number of nitrogens with zero attached hydrogens (tertiary/aromatic N) is 2. The number of rotatable bonds is 2. The monoisotopic (exact) mass is 189 g/mol. The van der Waals surface area contributed by atoms with Gasteiger partial charge in [-0.3, -0.25) is 0 Å². The van der Waals surface area contributed by atoms with Crippen LogP contribution in [0.15, 0.2) is 24.9 Å².